The van der Waals surface area contributed by atoms with Gasteiger partial charge in [0.15, 0.2) is 0 Å². The van der Waals surface area contributed by atoms with E-state index in [2.05, 4.69) is 10.4 Å². The van der Waals surface area contributed by atoms with E-state index in [1.54, 1.807) is 16.8 Å². The van der Waals surface area contributed by atoms with Gasteiger partial charge in [-0.25, -0.2) is 4.39 Å². The number of hydrogen-bond donors (Lipinski definition) is 2. The lowest BCUT2D eigenvalue weighted by molar-refractivity contribution is 0.0969. The Hall–Kier alpha value is -3.19. The molecule has 5 nitrogen and oxygen atoms in total. The summed E-state index contributed by atoms with van der Waals surface area (Å²) in [6.45, 7) is 0. The molecule has 2 heterocycles. The normalized spacial score (nSPS) is 13.8. The summed E-state index contributed by atoms with van der Waals surface area (Å²) in [5.74, 6) is -0.676. The van der Waals surface area contributed by atoms with Gasteiger partial charge in [-0.15, -0.1) is 11.3 Å². The number of nitrogen functional groups attached to an aromatic ring is 1. The molecule has 3 aromatic rings. The maximum absolute atomic E-state index is 13.9. The second-order valence-electron chi connectivity index (χ2n) is 6.51. The van der Waals surface area contributed by atoms with Gasteiger partial charge in [-0.2, -0.15) is 5.10 Å². The molecule has 0 atom stereocenters. The third-order valence-corrected chi connectivity index (χ3v) is 5.69. The van der Waals surface area contributed by atoms with E-state index in [4.69, 9.17) is 5.73 Å². The number of halogens is 1. The Morgan fingerprint density at radius 2 is 2.07 bits per heavy atom. The van der Waals surface area contributed by atoms with Crippen LogP contribution in [0.1, 0.15) is 22.5 Å². The highest BCUT2D eigenvalue weighted by molar-refractivity contribution is 7.18. The van der Waals surface area contributed by atoms with Crippen molar-refractivity contribution in [1.29, 1.82) is 0 Å². The van der Waals surface area contributed by atoms with E-state index in [0.29, 0.717) is 23.4 Å². The van der Waals surface area contributed by atoms with Crippen LogP contribution in [-0.2, 0) is 7.05 Å². The molecule has 4 rings (SSSR count). The number of amides is 1. The molecule has 0 fully saturated rings. The third kappa shape index (κ3) is 3.48. The Balaban J connectivity index is 1.63. The van der Waals surface area contributed by atoms with Crippen molar-refractivity contribution in [3.63, 3.8) is 0 Å². The van der Waals surface area contributed by atoms with Gasteiger partial charge in [0, 0.05) is 19.0 Å². The monoisotopic (exact) mass is 394 g/mol. The molecule has 0 unspecified atom stereocenters. The van der Waals surface area contributed by atoms with Crippen LogP contribution in [0.2, 0.25) is 0 Å². The smallest absolute Gasteiger partial charge is 0.265 e. The molecule has 142 valence electrons. The van der Waals surface area contributed by atoms with Gasteiger partial charge in [-0.3, -0.25) is 9.48 Å². The average molecular weight is 394 g/mol. The first-order valence-corrected chi connectivity index (χ1v) is 9.70. The van der Waals surface area contributed by atoms with Crippen molar-refractivity contribution in [3.8, 4) is 21.8 Å². The zero-order chi connectivity index (χ0) is 19.7. The Bertz CT molecular complexity index is 1100. The first-order valence-electron chi connectivity index (χ1n) is 8.88. The molecule has 1 aromatic carbocycles. The summed E-state index contributed by atoms with van der Waals surface area (Å²) in [6.07, 6.45) is 4.39. The van der Waals surface area contributed by atoms with E-state index in [1.807, 2.05) is 49.5 Å². The van der Waals surface area contributed by atoms with E-state index in [-0.39, 0.29) is 17.4 Å². The van der Waals surface area contributed by atoms with Gasteiger partial charge >= 0.3 is 0 Å². The number of nitrogens with two attached hydrogens (primary N) is 1. The van der Waals surface area contributed by atoms with Gasteiger partial charge < -0.3 is 11.1 Å². The summed E-state index contributed by atoms with van der Waals surface area (Å²) in [7, 11) is 1.84. The number of aromatic nitrogens is 2. The van der Waals surface area contributed by atoms with E-state index in [9.17, 15) is 9.18 Å². The Morgan fingerprint density at radius 1 is 1.29 bits per heavy atom. The minimum Gasteiger partial charge on any atom is -0.397 e. The fourth-order valence-electron chi connectivity index (χ4n) is 3.08. The van der Waals surface area contributed by atoms with Crippen LogP contribution in [0.3, 0.4) is 0 Å². The number of thiophene rings is 1. The Morgan fingerprint density at radius 3 is 2.82 bits per heavy atom. The summed E-state index contributed by atoms with van der Waals surface area (Å²) in [5, 5.41) is 7.19. The lowest BCUT2D eigenvalue weighted by Crippen LogP contribution is -2.22. The van der Waals surface area contributed by atoms with Crippen molar-refractivity contribution in [2.24, 2.45) is 7.05 Å². The predicted octanol–water partition coefficient (Wildman–Crippen LogP) is 4.66. The van der Waals surface area contributed by atoms with Crippen molar-refractivity contribution in [3.05, 3.63) is 71.0 Å². The molecule has 3 N–H and O–H groups in total. The molecule has 0 bridgehead atoms. The van der Waals surface area contributed by atoms with Crippen LogP contribution in [0.25, 0.3) is 21.8 Å². The highest BCUT2D eigenvalue weighted by atomic mass is 32.1. The second kappa shape index (κ2) is 7.44. The number of nitrogens with zero attached hydrogens (tertiary/aromatic N) is 2. The highest BCUT2D eigenvalue weighted by Gasteiger charge is 2.19. The van der Waals surface area contributed by atoms with Gasteiger partial charge in [-0.05, 0) is 24.6 Å². The molecular weight excluding hydrogens is 375 g/mol. The standard InChI is InChI=1S/C21H19FN4OS/c1-26-18(12-17(25-26)13-7-3-2-4-8-13)20-15(23)11-19(28-20)21(27)24-16-10-6-5-9-14(16)22/h2-4,6-8,10-12H,5,9,23H2,1H3,(H,24,27). The van der Waals surface area contributed by atoms with Gasteiger partial charge in [0.25, 0.3) is 5.91 Å². The number of rotatable bonds is 4. The molecule has 0 spiro atoms. The van der Waals surface area contributed by atoms with Crippen LogP contribution in [0, 0.1) is 0 Å². The predicted molar refractivity (Wildman–Crippen MR) is 110 cm³/mol. The van der Waals surface area contributed by atoms with E-state index < -0.39 is 0 Å². The lowest BCUT2D eigenvalue weighted by atomic mass is 10.1. The fourth-order valence-corrected chi connectivity index (χ4v) is 4.10. The largest absolute Gasteiger partial charge is 0.397 e. The number of benzene rings is 1. The molecule has 1 amide bonds. The third-order valence-electron chi connectivity index (χ3n) is 4.52. The molecule has 0 saturated heterocycles. The summed E-state index contributed by atoms with van der Waals surface area (Å²) < 4.78 is 15.6. The molecule has 0 saturated carbocycles. The van der Waals surface area contributed by atoms with E-state index >= 15 is 0 Å². The average Bonchev–Trinajstić information content (AvgIpc) is 3.27. The van der Waals surface area contributed by atoms with Gasteiger partial charge in [-0.1, -0.05) is 36.4 Å². The van der Waals surface area contributed by atoms with E-state index in [1.165, 1.54) is 11.3 Å². The Labute approximate surface area is 166 Å². The number of aryl methyl sites for hydroxylation is 1. The van der Waals surface area contributed by atoms with Gasteiger partial charge in [0.1, 0.15) is 5.83 Å². The molecule has 0 aliphatic heterocycles. The first-order chi connectivity index (χ1) is 13.5. The lowest BCUT2D eigenvalue weighted by Gasteiger charge is -2.10. The summed E-state index contributed by atoms with van der Waals surface area (Å²) in [6, 6.07) is 13.4. The number of allylic oxidation sites excluding steroid dienone is 3. The molecular formula is C21H19FN4OS. The highest BCUT2D eigenvalue weighted by Crippen LogP contribution is 2.36. The number of hydrogen-bond acceptors (Lipinski definition) is 4. The number of nitrogens with one attached hydrogen (secondary N) is 1. The maximum atomic E-state index is 13.9. The zero-order valence-corrected chi connectivity index (χ0v) is 16.1. The number of carbonyl (C=O) groups is 1. The molecule has 0 radical (unpaired) electrons. The van der Waals surface area contributed by atoms with Crippen molar-refractivity contribution in [2.45, 2.75) is 12.8 Å². The minimum atomic E-state index is -0.370. The van der Waals surface area contributed by atoms with Crippen molar-refractivity contribution in [1.82, 2.24) is 15.1 Å². The molecule has 2 aromatic heterocycles. The van der Waals surface area contributed by atoms with Crippen LogP contribution in [0.4, 0.5) is 10.1 Å². The first kappa shape index (κ1) is 18.2. The molecule has 28 heavy (non-hydrogen) atoms. The van der Waals surface area contributed by atoms with Crippen molar-refractivity contribution >= 4 is 22.9 Å². The Kier molecular flexibility index (Phi) is 4.83. The van der Waals surface area contributed by atoms with E-state index in [0.717, 1.165) is 21.8 Å². The van der Waals surface area contributed by atoms with Crippen LogP contribution in [0.5, 0.6) is 0 Å². The van der Waals surface area contributed by atoms with Gasteiger partial charge in [0.05, 0.1) is 32.5 Å². The zero-order valence-electron chi connectivity index (χ0n) is 15.3. The van der Waals surface area contributed by atoms with Crippen LogP contribution < -0.4 is 11.1 Å². The van der Waals surface area contributed by atoms with Crippen LogP contribution in [0.15, 0.2) is 66.1 Å². The molecule has 1 aliphatic rings. The quantitative estimate of drug-likeness (QED) is 0.676. The maximum Gasteiger partial charge on any atom is 0.265 e. The van der Waals surface area contributed by atoms with Crippen LogP contribution in [-0.4, -0.2) is 15.7 Å². The molecule has 1 aliphatic carbocycles. The summed E-state index contributed by atoms with van der Waals surface area (Å²) in [5.41, 5.74) is 9.55. The fraction of sp³-hybridized carbons (Fsp3) is 0.143. The minimum absolute atomic E-state index is 0.219. The molecule has 7 heteroatoms. The summed E-state index contributed by atoms with van der Waals surface area (Å²) >= 11 is 1.27. The second-order valence-corrected chi connectivity index (χ2v) is 7.57. The number of carbonyl (C=O) groups excluding carboxylic acids is 1. The number of anilines is 1. The van der Waals surface area contributed by atoms with Gasteiger partial charge in [0.2, 0.25) is 0 Å². The van der Waals surface area contributed by atoms with Crippen molar-refractivity contribution < 1.29 is 9.18 Å². The summed E-state index contributed by atoms with van der Waals surface area (Å²) in [4.78, 5) is 13.7. The van der Waals surface area contributed by atoms with Crippen LogP contribution >= 0.6 is 11.3 Å². The SMILES string of the molecule is Cn1nc(-c2ccccc2)cc1-c1sc(C(=O)NC2=C(F)CCC=C2)cc1N. The van der Waals surface area contributed by atoms with Crippen molar-refractivity contribution in [2.75, 3.05) is 5.73 Å². The topological polar surface area (TPSA) is 72.9 Å².